The van der Waals surface area contributed by atoms with Gasteiger partial charge in [0.2, 0.25) is 0 Å². The average molecular weight is 284 g/mol. The van der Waals surface area contributed by atoms with Gasteiger partial charge in [-0.2, -0.15) is 0 Å². The van der Waals surface area contributed by atoms with E-state index in [9.17, 15) is 5.11 Å². The van der Waals surface area contributed by atoms with E-state index >= 15 is 0 Å². The molecule has 2 nitrogen and oxygen atoms in total. The molecular formula is C13H18BrNO. The number of hydrogen-bond acceptors (Lipinski definition) is 2. The van der Waals surface area contributed by atoms with Crippen LogP contribution in [-0.2, 0) is 0 Å². The summed E-state index contributed by atoms with van der Waals surface area (Å²) in [6.07, 6.45) is 3.94. The number of rotatable bonds is 2. The van der Waals surface area contributed by atoms with Crippen LogP contribution in [0.4, 0.5) is 5.69 Å². The molecule has 1 aliphatic rings. The molecule has 16 heavy (non-hydrogen) atoms. The molecule has 0 atom stereocenters. The Bertz CT molecular complexity index is 348. The SMILES string of the molecule is CN(c1ccccc1Br)C1CCC(O)CC1. The van der Waals surface area contributed by atoms with Crippen molar-refractivity contribution in [1.29, 1.82) is 0 Å². The van der Waals surface area contributed by atoms with Crippen LogP contribution in [0.1, 0.15) is 25.7 Å². The van der Waals surface area contributed by atoms with Gasteiger partial charge in [0.05, 0.1) is 11.8 Å². The Labute approximate surface area is 105 Å². The second kappa shape index (κ2) is 5.19. The second-order valence-electron chi connectivity index (χ2n) is 4.52. The van der Waals surface area contributed by atoms with Gasteiger partial charge in [-0.3, -0.25) is 0 Å². The molecule has 0 aromatic heterocycles. The highest BCUT2D eigenvalue weighted by molar-refractivity contribution is 9.10. The summed E-state index contributed by atoms with van der Waals surface area (Å²) in [5.41, 5.74) is 1.24. The third kappa shape index (κ3) is 2.58. The van der Waals surface area contributed by atoms with Crippen LogP contribution in [-0.4, -0.2) is 24.3 Å². The molecule has 1 aromatic rings. The van der Waals surface area contributed by atoms with Gasteiger partial charge >= 0.3 is 0 Å². The maximum Gasteiger partial charge on any atom is 0.0541 e. The molecule has 0 unspecified atom stereocenters. The Kier molecular flexibility index (Phi) is 3.87. The van der Waals surface area contributed by atoms with E-state index in [4.69, 9.17) is 0 Å². The van der Waals surface area contributed by atoms with Gasteiger partial charge in [0.15, 0.2) is 0 Å². The first-order chi connectivity index (χ1) is 7.68. The van der Waals surface area contributed by atoms with Crippen LogP contribution in [0.3, 0.4) is 0 Å². The van der Waals surface area contributed by atoms with E-state index in [0.717, 1.165) is 30.2 Å². The Morgan fingerprint density at radius 3 is 2.44 bits per heavy atom. The van der Waals surface area contributed by atoms with Crippen molar-refractivity contribution in [3.05, 3.63) is 28.7 Å². The summed E-state index contributed by atoms with van der Waals surface area (Å²) < 4.78 is 1.14. The maximum atomic E-state index is 9.51. The van der Waals surface area contributed by atoms with E-state index in [1.165, 1.54) is 5.69 Å². The molecule has 88 valence electrons. The monoisotopic (exact) mass is 283 g/mol. The van der Waals surface area contributed by atoms with Crippen LogP contribution in [0.2, 0.25) is 0 Å². The summed E-state index contributed by atoms with van der Waals surface area (Å²) in [5, 5.41) is 9.51. The molecular weight excluding hydrogens is 266 g/mol. The second-order valence-corrected chi connectivity index (χ2v) is 5.38. The topological polar surface area (TPSA) is 23.5 Å². The molecule has 1 aliphatic carbocycles. The summed E-state index contributed by atoms with van der Waals surface area (Å²) >= 11 is 3.58. The molecule has 1 fully saturated rings. The zero-order valence-corrected chi connectivity index (χ0v) is 11.2. The molecule has 0 amide bonds. The van der Waals surface area contributed by atoms with Gasteiger partial charge in [-0.05, 0) is 53.7 Å². The zero-order chi connectivity index (χ0) is 11.5. The van der Waals surface area contributed by atoms with Gasteiger partial charge in [0.1, 0.15) is 0 Å². The number of aliphatic hydroxyl groups is 1. The van der Waals surface area contributed by atoms with Crippen molar-refractivity contribution in [2.75, 3.05) is 11.9 Å². The average Bonchev–Trinajstić information content (AvgIpc) is 2.30. The molecule has 1 N–H and O–H groups in total. The summed E-state index contributed by atoms with van der Waals surface area (Å²) in [5.74, 6) is 0. The summed E-state index contributed by atoms with van der Waals surface area (Å²) in [6.45, 7) is 0. The molecule has 0 spiro atoms. The van der Waals surface area contributed by atoms with Crippen LogP contribution < -0.4 is 4.90 Å². The maximum absolute atomic E-state index is 9.51. The molecule has 0 aliphatic heterocycles. The number of para-hydroxylation sites is 1. The molecule has 3 heteroatoms. The van der Waals surface area contributed by atoms with Crippen LogP contribution in [0.5, 0.6) is 0 Å². The van der Waals surface area contributed by atoms with Gasteiger partial charge < -0.3 is 10.0 Å². The van der Waals surface area contributed by atoms with Gasteiger partial charge in [0, 0.05) is 17.6 Å². The van der Waals surface area contributed by atoms with E-state index in [1.807, 2.05) is 6.07 Å². The van der Waals surface area contributed by atoms with Gasteiger partial charge in [-0.15, -0.1) is 0 Å². The van der Waals surface area contributed by atoms with Gasteiger partial charge in [-0.25, -0.2) is 0 Å². The highest BCUT2D eigenvalue weighted by Crippen LogP contribution is 2.30. The molecule has 1 aromatic carbocycles. The first-order valence-corrected chi connectivity index (χ1v) is 6.63. The Morgan fingerprint density at radius 2 is 1.81 bits per heavy atom. The lowest BCUT2D eigenvalue weighted by molar-refractivity contribution is 0.122. The molecule has 1 saturated carbocycles. The molecule has 0 saturated heterocycles. The van der Waals surface area contributed by atoms with Crippen molar-refractivity contribution in [2.24, 2.45) is 0 Å². The quantitative estimate of drug-likeness (QED) is 0.901. The first-order valence-electron chi connectivity index (χ1n) is 5.84. The Balaban J connectivity index is 2.07. The fraction of sp³-hybridized carbons (Fsp3) is 0.538. The van der Waals surface area contributed by atoms with E-state index < -0.39 is 0 Å². The first kappa shape index (κ1) is 11.9. The lowest BCUT2D eigenvalue weighted by atomic mass is 9.92. The zero-order valence-electron chi connectivity index (χ0n) is 9.56. The molecule has 2 rings (SSSR count). The van der Waals surface area contributed by atoms with Crippen LogP contribution >= 0.6 is 15.9 Å². The largest absolute Gasteiger partial charge is 0.393 e. The predicted octanol–water partition coefficient (Wildman–Crippen LogP) is 3.19. The van der Waals surface area contributed by atoms with E-state index in [0.29, 0.717) is 6.04 Å². The van der Waals surface area contributed by atoms with Gasteiger partial charge in [-0.1, -0.05) is 12.1 Å². The molecule has 0 radical (unpaired) electrons. The van der Waals surface area contributed by atoms with Crippen LogP contribution in [0.25, 0.3) is 0 Å². The third-order valence-electron chi connectivity index (χ3n) is 3.45. The van der Waals surface area contributed by atoms with E-state index in [-0.39, 0.29) is 6.10 Å². The summed E-state index contributed by atoms with van der Waals surface area (Å²) in [4.78, 5) is 2.33. The minimum absolute atomic E-state index is 0.0798. The summed E-state index contributed by atoms with van der Waals surface area (Å²) in [7, 11) is 2.14. The highest BCUT2D eigenvalue weighted by Gasteiger charge is 2.23. The van der Waals surface area contributed by atoms with Crippen LogP contribution in [0.15, 0.2) is 28.7 Å². The van der Waals surface area contributed by atoms with E-state index in [1.54, 1.807) is 0 Å². The van der Waals surface area contributed by atoms with Gasteiger partial charge in [0.25, 0.3) is 0 Å². The number of hydrogen-bond donors (Lipinski definition) is 1. The number of anilines is 1. The van der Waals surface area contributed by atoms with Crippen molar-refractivity contribution in [3.8, 4) is 0 Å². The van der Waals surface area contributed by atoms with Crippen molar-refractivity contribution >= 4 is 21.6 Å². The number of aliphatic hydroxyl groups excluding tert-OH is 1. The minimum Gasteiger partial charge on any atom is -0.393 e. The Hall–Kier alpha value is -0.540. The smallest absolute Gasteiger partial charge is 0.0541 e. The van der Waals surface area contributed by atoms with Crippen LogP contribution in [0, 0.1) is 0 Å². The molecule has 0 heterocycles. The lowest BCUT2D eigenvalue weighted by Gasteiger charge is -2.35. The number of halogens is 1. The Morgan fingerprint density at radius 1 is 1.19 bits per heavy atom. The standard InChI is InChI=1S/C13H18BrNO/c1-15(10-6-8-11(16)9-7-10)13-5-3-2-4-12(13)14/h2-5,10-11,16H,6-9H2,1H3. The number of nitrogens with zero attached hydrogens (tertiary/aromatic N) is 1. The molecule has 0 bridgehead atoms. The minimum atomic E-state index is -0.0798. The van der Waals surface area contributed by atoms with Crippen molar-refractivity contribution in [1.82, 2.24) is 0 Å². The fourth-order valence-electron chi connectivity index (χ4n) is 2.38. The summed E-state index contributed by atoms with van der Waals surface area (Å²) in [6, 6.07) is 8.86. The van der Waals surface area contributed by atoms with Crippen molar-refractivity contribution in [3.63, 3.8) is 0 Å². The van der Waals surface area contributed by atoms with Crippen molar-refractivity contribution in [2.45, 2.75) is 37.8 Å². The van der Waals surface area contributed by atoms with E-state index in [2.05, 4.69) is 46.1 Å². The number of benzene rings is 1. The lowest BCUT2D eigenvalue weighted by Crippen LogP contribution is -2.36. The van der Waals surface area contributed by atoms with Crippen molar-refractivity contribution < 1.29 is 5.11 Å². The fourth-order valence-corrected chi connectivity index (χ4v) is 2.94. The highest BCUT2D eigenvalue weighted by atomic mass is 79.9. The normalized spacial score (nSPS) is 25.4. The predicted molar refractivity (Wildman–Crippen MR) is 70.8 cm³/mol. The third-order valence-corrected chi connectivity index (χ3v) is 4.12.